The third-order valence-electron chi connectivity index (χ3n) is 14.5. The number of benzene rings is 12. The Morgan fingerprint density at radius 2 is 0.455 bits per heavy atom. The first-order valence-corrected chi connectivity index (χ1v) is 26.8. The van der Waals surface area contributed by atoms with Gasteiger partial charge in [0.2, 0.25) is 0 Å². The number of nitrogens with zero attached hydrogens (tertiary/aromatic N) is 2. The Bertz CT molecular complexity index is 4040. The summed E-state index contributed by atoms with van der Waals surface area (Å²) in [6.07, 6.45) is 0. The standard InChI is InChI=1S/C73H50N2OS/c76-73-69-47-33-62(60-31-45-68(46-32-60)75(65-39-25-57(26-40-65)53-17-9-3-10-18-53)66-41-27-58(28-42-66)54-19-11-4-12-20-54)50-72(69)77-71-48-34-61(49-70(71)73)59-29-43-67(44-30-59)74(63-35-21-55(22-36-63)51-13-5-1-6-14-51)64-37-23-56(24-38-64)52-15-7-2-8-16-52/h1-50H. The average molecular weight is 1000 g/mol. The van der Waals surface area contributed by atoms with Crippen LogP contribution in [0.1, 0.15) is 0 Å². The van der Waals surface area contributed by atoms with Gasteiger partial charge < -0.3 is 9.80 Å². The first kappa shape index (κ1) is 46.9. The summed E-state index contributed by atoms with van der Waals surface area (Å²) in [5, 5.41) is 1.46. The van der Waals surface area contributed by atoms with E-state index in [-0.39, 0.29) is 5.43 Å². The molecular weight excluding hydrogens is 953 g/mol. The van der Waals surface area contributed by atoms with Gasteiger partial charge in [-0.3, -0.25) is 4.79 Å². The minimum absolute atomic E-state index is 0.0467. The molecule has 0 radical (unpaired) electrons. The predicted molar refractivity (Wildman–Crippen MR) is 328 cm³/mol. The molecule has 0 N–H and O–H groups in total. The van der Waals surface area contributed by atoms with Gasteiger partial charge in [-0.2, -0.15) is 0 Å². The maximum Gasteiger partial charge on any atom is 0.195 e. The third-order valence-corrected chi connectivity index (χ3v) is 15.7. The molecule has 0 aliphatic heterocycles. The van der Waals surface area contributed by atoms with E-state index in [9.17, 15) is 4.79 Å². The van der Waals surface area contributed by atoms with Crippen LogP contribution >= 0.6 is 11.3 Å². The molecule has 364 valence electrons. The first-order valence-electron chi connectivity index (χ1n) is 26.0. The molecule has 3 nitrogen and oxygen atoms in total. The fraction of sp³-hybridized carbons (Fsp3) is 0. The summed E-state index contributed by atoms with van der Waals surface area (Å²) in [5.41, 5.74) is 20.0. The highest BCUT2D eigenvalue weighted by Gasteiger charge is 2.17. The van der Waals surface area contributed by atoms with Crippen molar-refractivity contribution in [1.29, 1.82) is 0 Å². The lowest BCUT2D eigenvalue weighted by Crippen LogP contribution is -2.09. The Morgan fingerprint density at radius 1 is 0.208 bits per heavy atom. The van der Waals surface area contributed by atoms with Crippen LogP contribution in [0.4, 0.5) is 34.1 Å². The molecule has 0 saturated heterocycles. The topological polar surface area (TPSA) is 23.6 Å². The molecule has 0 amide bonds. The van der Waals surface area contributed by atoms with Crippen LogP contribution in [0.2, 0.25) is 0 Å². The van der Waals surface area contributed by atoms with Crippen LogP contribution in [0, 0.1) is 0 Å². The van der Waals surface area contributed by atoms with Gasteiger partial charge in [-0.25, -0.2) is 0 Å². The van der Waals surface area contributed by atoms with Crippen molar-refractivity contribution in [3.8, 4) is 66.8 Å². The zero-order valence-corrected chi connectivity index (χ0v) is 42.9. The van der Waals surface area contributed by atoms with Gasteiger partial charge in [0.1, 0.15) is 0 Å². The Labute approximate surface area is 453 Å². The molecule has 0 fully saturated rings. The summed E-state index contributed by atoms with van der Waals surface area (Å²) < 4.78 is 1.93. The van der Waals surface area contributed by atoms with Crippen molar-refractivity contribution < 1.29 is 0 Å². The molecular formula is C73H50N2OS. The van der Waals surface area contributed by atoms with Crippen LogP contribution in [0.5, 0.6) is 0 Å². The van der Waals surface area contributed by atoms with E-state index in [4.69, 9.17) is 0 Å². The summed E-state index contributed by atoms with van der Waals surface area (Å²) in [5.74, 6) is 0. The van der Waals surface area contributed by atoms with Crippen molar-refractivity contribution in [3.63, 3.8) is 0 Å². The van der Waals surface area contributed by atoms with Crippen LogP contribution in [0.15, 0.2) is 308 Å². The Kier molecular flexibility index (Phi) is 12.7. The fourth-order valence-corrected chi connectivity index (χ4v) is 11.5. The van der Waals surface area contributed by atoms with Gasteiger partial charge in [-0.15, -0.1) is 11.3 Å². The lowest BCUT2D eigenvalue weighted by molar-refractivity contribution is 1.28. The molecule has 0 unspecified atom stereocenters. The molecule has 0 atom stereocenters. The Balaban J connectivity index is 0.783. The highest BCUT2D eigenvalue weighted by Crippen LogP contribution is 2.41. The van der Waals surface area contributed by atoms with Crippen LogP contribution in [0.25, 0.3) is 86.9 Å². The number of hydrogen-bond acceptors (Lipinski definition) is 4. The highest BCUT2D eigenvalue weighted by atomic mass is 32.1. The van der Waals surface area contributed by atoms with Gasteiger partial charge in [0.25, 0.3) is 0 Å². The lowest BCUT2D eigenvalue weighted by atomic mass is 10.0. The van der Waals surface area contributed by atoms with Crippen molar-refractivity contribution in [1.82, 2.24) is 0 Å². The van der Waals surface area contributed by atoms with E-state index in [2.05, 4.69) is 283 Å². The van der Waals surface area contributed by atoms with Crippen LogP contribution in [-0.2, 0) is 0 Å². The van der Waals surface area contributed by atoms with Crippen LogP contribution in [0.3, 0.4) is 0 Å². The minimum atomic E-state index is 0.0467. The SMILES string of the molecule is O=c1c2ccc(-c3ccc(N(c4ccc(-c5ccccc5)cc4)c4ccc(-c5ccccc5)cc4)cc3)cc2sc2ccc(-c3ccc(N(c4ccc(-c5ccccc5)cc4)c4ccc(-c5ccccc5)cc4)cc3)cc12. The second kappa shape index (κ2) is 20.8. The molecule has 0 spiro atoms. The van der Waals surface area contributed by atoms with Gasteiger partial charge in [0.05, 0.1) is 0 Å². The van der Waals surface area contributed by atoms with Crippen molar-refractivity contribution in [2.24, 2.45) is 0 Å². The monoisotopic (exact) mass is 1000 g/mol. The number of hydrogen-bond donors (Lipinski definition) is 0. The quantitative estimate of drug-likeness (QED) is 0.114. The molecule has 13 rings (SSSR count). The summed E-state index contributed by atoms with van der Waals surface area (Å²) in [6.45, 7) is 0. The molecule has 0 saturated carbocycles. The summed E-state index contributed by atoms with van der Waals surface area (Å²) >= 11 is 1.67. The van der Waals surface area contributed by atoms with Crippen molar-refractivity contribution in [3.05, 3.63) is 314 Å². The second-order valence-corrected chi connectivity index (χ2v) is 20.4. The Hall–Kier alpha value is -9.87. The number of fused-ring (bicyclic) bond motifs is 2. The highest BCUT2D eigenvalue weighted by molar-refractivity contribution is 7.24. The van der Waals surface area contributed by atoms with Gasteiger partial charge in [-0.05, 0) is 164 Å². The number of rotatable bonds is 12. The van der Waals surface area contributed by atoms with E-state index >= 15 is 0 Å². The molecule has 4 heteroatoms. The maximum atomic E-state index is 14.4. The zero-order valence-electron chi connectivity index (χ0n) is 42.1. The van der Waals surface area contributed by atoms with E-state index in [1.54, 1.807) is 11.3 Å². The predicted octanol–water partition coefficient (Wildman–Crippen LogP) is 20.4. The number of anilines is 6. The van der Waals surface area contributed by atoms with Crippen molar-refractivity contribution in [2.45, 2.75) is 0 Å². The van der Waals surface area contributed by atoms with E-state index in [1.165, 1.54) is 44.5 Å². The lowest BCUT2D eigenvalue weighted by Gasteiger charge is -2.26. The maximum absolute atomic E-state index is 14.4. The Morgan fingerprint density at radius 3 is 0.766 bits per heavy atom. The molecule has 12 aromatic carbocycles. The molecule has 1 heterocycles. The van der Waals surface area contributed by atoms with Crippen molar-refractivity contribution >= 4 is 65.6 Å². The van der Waals surface area contributed by atoms with Crippen LogP contribution in [-0.4, -0.2) is 0 Å². The van der Waals surface area contributed by atoms with E-state index in [1.807, 2.05) is 30.3 Å². The molecule has 13 aromatic rings. The molecule has 1 aromatic heterocycles. The summed E-state index contributed by atoms with van der Waals surface area (Å²) in [7, 11) is 0. The summed E-state index contributed by atoms with van der Waals surface area (Å²) in [4.78, 5) is 19.0. The van der Waals surface area contributed by atoms with Gasteiger partial charge >= 0.3 is 0 Å². The van der Waals surface area contributed by atoms with Crippen molar-refractivity contribution in [2.75, 3.05) is 9.80 Å². The average Bonchev–Trinajstić information content (AvgIpc) is 3.54. The van der Waals surface area contributed by atoms with E-state index in [0.29, 0.717) is 0 Å². The van der Waals surface area contributed by atoms with Gasteiger partial charge in [-0.1, -0.05) is 206 Å². The summed E-state index contributed by atoms with van der Waals surface area (Å²) in [6, 6.07) is 107. The third kappa shape index (κ3) is 9.62. The van der Waals surface area contributed by atoms with Crippen LogP contribution < -0.4 is 15.2 Å². The normalized spacial score (nSPS) is 11.2. The molecule has 0 bridgehead atoms. The largest absolute Gasteiger partial charge is 0.311 e. The molecule has 0 aliphatic rings. The zero-order chi connectivity index (χ0) is 51.5. The fourth-order valence-electron chi connectivity index (χ4n) is 10.4. The van der Waals surface area contributed by atoms with Gasteiger partial charge in [0.15, 0.2) is 5.43 Å². The minimum Gasteiger partial charge on any atom is -0.311 e. The van der Waals surface area contributed by atoms with Gasteiger partial charge in [0, 0.05) is 54.3 Å². The molecule has 77 heavy (non-hydrogen) atoms. The first-order chi connectivity index (χ1) is 38.1. The van der Waals surface area contributed by atoms with E-state index in [0.717, 1.165) is 76.6 Å². The molecule has 0 aliphatic carbocycles. The van der Waals surface area contributed by atoms with E-state index < -0.39 is 0 Å². The smallest absolute Gasteiger partial charge is 0.195 e. The second-order valence-electron chi connectivity index (χ2n) is 19.3.